The van der Waals surface area contributed by atoms with Crippen LogP contribution in [0.1, 0.15) is 29.8 Å². The van der Waals surface area contributed by atoms with Crippen LogP contribution in [0.5, 0.6) is 0 Å². The Morgan fingerprint density at radius 2 is 2.06 bits per heavy atom. The molecule has 0 fully saturated rings. The first-order valence-corrected chi connectivity index (χ1v) is 5.82. The zero-order chi connectivity index (χ0) is 13.2. The molecular weight excluding hydrogens is 238 g/mol. The molecule has 0 radical (unpaired) electrons. The average Bonchev–Trinajstić information content (AvgIpc) is 2.14. The van der Waals surface area contributed by atoms with Crippen LogP contribution in [0.3, 0.4) is 0 Å². The van der Waals surface area contributed by atoms with Crippen LogP contribution in [-0.4, -0.2) is 35.1 Å². The number of rotatable bonds is 3. The molecule has 0 heterocycles. The van der Waals surface area contributed by atoms with Crippen molar-refractivity contribution >= 4 is 17.5 Å². The van der Waals surface area contributed by atoms with Gasteiger partial charge in [-0.2, -0.15) is 0 Å². The molecule has 0 saturated heterocycles. The smallest absolute Gasteiger partial charge is 0.253 e. The summed E-state index contributed by atoms with van der Waals surface area (Å²) >= 11 is 5.84. The van der Waals surface area contributed by atoms with E-state index in [-0.39, 0.29) is 12.5 Å². The molecule has 0 bridgehead atoms. The summed E-state index contributed by atoms with van der Waals surface area (Å²) in [5, 5.41) is 10.3. The molecule has 1 N–H and O–H groups in total. The Balaban J connectivity index is 2.89. The van der Waals surface area contributed by atoms with Gasteiger partial charge in [0.05, 0.1) is 5.60 Å². The second-order valence-electron chi connectivity index (χ2n) is 4.93. The highest BCUT2D eigenvalue weighted by Crippen LogP contribution is 2.17. The predicted molar refractivity (Wildman–Crippen MR) is 69.4 cm³/mol. The number of likely N-dealkylation sites (N-methyl/N-ethyl adjacent to an activating group) is 1. The van der Waals surface area contributed by atoms with Crippen molar-refractivity contribution in [2.75, 3.05) is 13.6 Å². The highest BCUT2D eigenvalue weighted by molar-refractivity contribution is 6.30. The topological polar surface area (TPSA) is 40.5 Å². The summed E-state index contributed by atoms with van der Waals surface area (Å²) < 4.78 is 0. The quantitative estimate of drug-likeness (QED) is 0.902. The Morgan fingerprint density at radius 3 is 2.53 bits per heavy atom. The predicted octanol–water partition coefficient (Wildman–Crippen LogP) is 2.49. The van der Waals surface area contributed by atoms with Crippen molar-refractivity contribution < 1.29 is 9.90 Å². The van der Waals surface area contributed by atoms with Crippen molar-refractivity contribution in [3.8, 4) is 0 Å². The van der Waals surface area contributed by atoms with Gasteiger partial charge in [-0.05, 0) is 44.5 Å². The van der Waals surface area contributed by atoms with E-state index in [0.29, 0.717) is 10.6 Å². The first-order valence-electron chi connectivity index (χ1n) is 5.45. The van der Waals surface area contributed by atoms with Crippen LogP contribution < -0.4 is 0 Å². The van der Waals surface area contributed by atoms with Crippen LogP contribution in [0.25, 0.3) is 0 Å². The van der Waals surface area contributed by atoms with Crippen LogP contribution in [0, 0.1) is 6.92 Å². The molecule has 3 nitrogen and oxygen atoms in total. The number of carbonyl (C=O) groups excluding carboxylic acids is 1. The lowest BCUT2D eigenvalue weighted by Gasteiger charge is -2.26. The standard InChI is InChI=1S/C13H18ClNO2/c1-9-7-10(14)5-6-11(9)12(16)15(4)8-13(2,3)17/h5-7,17H,8H2,1-4H3. The number of aryl methyl sites for hydroxylation is 1. The third kappa shape index (κ3) is 4.02. The van der Waals surface area contributed by atoms with E-state index in [4.69, 9.17) is 11.6 Å². The summed E-state index contributed by atoms with van der Waals surface area (Å²) in [6.07, 6.45) is 0. The zero-order valence-corrected chi connectivity index (χ0v) is 11.4. The average molecular weight is 256 g/mol. The molecule has 1 aromatic rings. The van der Waals surface area contributed by atoms with Gasteiger partial charge in [0.2, 0.25) is 0 Å². The molecule has 0 unspecified atom stereocenters. The fourth-order valence-corrected chi connectivity index (χ4v) is 1.95. The summed E-state index contributed by atoms with van der Waals surface area (Å²) in [5.41, 5.74) is 0.552. The molecule has 1 amide bonds. The van der Waals surface area contributed by atoms with Crippen LogP contribution in [0.4, 0.5) is 0 Å². The fourth-order valence-electron chi connectivity index (χ4n) is 1.72. The molecule has 1 rings (SSSR count). The Kier molecular flexibility index (Phi) is 4.17. The van der Waals surface area contributed by atoms with Crippen LogP contribution in [0.2, 0.25) is 5.02 Å². The number of carbonyl (C=O) groups is 1. The summed E-state index contributed by atoms with van der Waals surface area (Å²) in [4.78, 5) is 13.6. The first-order chi connectivity index (χ1) is 7.70. The summed E-state index contributed by atoms with van der Waals surface area (Å²) in [5.74, 6) is -0.110. The van der Waals surface area contributed by atoms with Gasteiger partial charge < -0.3 is 10.0 Å². The maximum absolute atomic E-state index is 12.1. The van der Waals surface area contributed by atoms with E-state index in [1.54, 1.807) is 39.1 Å². The van der Waals surface area contributed by atoms with Gasteiger partial charge in [-0.1, -0.05) is 11.6 Å². The Morgan fingerprint density at radius 1 is 1.47 bits per heavy atom. The molecule has 0 aromatic heterocycles. The molecule has 0 atom stereocenters. The van der Waals surface area contributed by atoms with Gasteiger partial charge in [0, 0.05) is 24.2 Å². The lowest BCUT2D eigenvalue weighted by atomic mass is 10.1. The largest absolute Gasteiger partial charge is 0.389 e. The van der Waals surface area contributed by atoms with E-state index in [1.807, 2.05) is 6.92 Å². The molecule has 94 valence electrons. The van der Waals surface area contributed by atoms with Gasteiger partial charge in [-0.15, -0.1) is 0 Å². The van der Waals surface area contributed by atoms with E-state index < -0.39 is 5.60 Å². The van der Waals surface area contributed by atoms with Crippen molar-refractivity contribution in [2.24, 2.45) is 0 Å². The lowest BCUT2D eigenvalue weighted by molar-refractivity contribution is 0.0367. The SMILES string of the molecule is Cc1cc(Cl)ccc1C(=O)N(C)CC(C)(C)O. The second kappa shape index (κ2) is 5.07. The minimum atomic E-state index is -0.898. The lowest BCUT2D eigenvalue weighted by Crippen LogP contribution is -2.39. The first kappa shape index (κ1) is 14.0. The number of hydrogen-bond donors (Lipinski definition) is 1. The normalized spacial score (nSPS) is 11.4. The zero-order valence-electron chi connectivity index (χ0n) is 10.6. The third-order valence-electron chi connectivity index (χ3n) is 2.39. The minimum absolute atomic E-state index is 0.110. The van der Waals surface area contributed by atoms with Crippen molar-refractivity contribution in [2.45, 2.75) is 26.4 Å². The van der Waals surface area contributed by atoms with E-state index in [9.17, 15) is 9.90 Å². The van der Waals surface area contributed by atoms with Crippen LogP contribution in [-0.2, 0) is 0 Å². The Hall–Kier alpha value is -1.06. The van der Waals surface area contributed by atoms with E-state index in [2.05, 4.69) is 0 Å². The molecular formula is C13H18ClNO2. The third-order valence-corrected chi connectivity index (χ3v) is 2.62. The number of amides is 1. The van der Waals surface area contributed by atoms with Gasteiger partial charge in [0.15, 0.2) is 0 Å². The van der Waals surface area contributed by atoms with Crippen molar-refractivity contribution in [3.05, 3.63) is 34.3 Å². The second-order valence-corrected chi connectivity index (χ2v) is 5.37. The number of benzene rings is 1. The molecule has 1 aromatic carbocycles. The number of hydrogen-bond acceptors (Lipinski definition) is 2. The number of nitrogens with zero attached hydrogens (tertiary/aromatic N) is 1. The number of halogens is 1. The van der Waals surface area contributed by atoms with Gasteiger partial charge in [-0.3, -0.25) is 4.79 Å². The molecule has 0 aliphatic carbocycles. The maximum Gasteiger partial charge on any atom is 0.253 e. The highest BCUT2D eigenvalue weighted by Gasteiger charge is 2.21. The number of aliphatic hydroxyl groups is 1. The molecule has 0 spiro atoms. The molecule has 0 aliphatic heterocycles. The van der Waals surface area contributed by atoms with Gasteiger partial charge in [0.1, 0.15) is 0 Å². The van der Waals surface area contributed by atoms with E-state index in [1.165, 1.54) is 4.90 Å². The summed E-state index contributed by atoms with van der Waals surface area (Å²) in [7, 11) is 1.67. The van der Waals surface area contributed by atoms with Gasteiger partial charge in [-0.25, -0.2) is 0 Å². The van der Waals surface area contributed by atoms with Crippen molar-refractivity contribution in [1.29, 1.82) is 0 Å². The minimum Gasteiger partial charge on any atom is -0.389 e. The fraction of sp³-hybridized carbons (Fsp3) is 0.462. The summed E-state index contributed by atoms with van der Waals surface area (Å²) in [6, 6.07) is 5.16. The molecule has 0 saturated carbocycles. The van der Waals surface area contributed by atoms with Gasteiger partial charge in [0.25, 0.3) is 5.91 Å². The molecule has 0 aliphatic rings. The van der Waals surface area contributed by atoms with Crippen molar-refractivity contribution in [1.82, 2.24) is 4.90 Å². The Labute approximate surface area is 107 Å². The monoisotopic (exact) mass is 255 g/mol. The highest BCUT2D eigenvalue weighted by atomic mass is 35.5. The molecule has 17 heavy (non-hydrogen) atoms. The van der Waals surface area contributed by atoms with Crippen molar-refractivity contribution in [3.63, 3.8) is 0 Å². The van der Waals surface area contributed by atoms with Gasteiger partial charge >= 0.3 is 0 Å². The van der Waals surface area contributed by atoms with Crippen LogP contribution in [0.15, 0.2) is 18.2 Å². The maximum atomic E-state index is 12.1. The molecule has 4 heteroatoms. The van der Waals surface area contributed by atoms with E-state index in [0.717, 1.165) is 5.56 Å². The summed E-state index contributed by atoms with van der Waals surface area (Å²) in [6.45, 7) is 5.47. The van der Waals surface area contributed by atoms with Crippen LogP contribution >= 0.6 is 11.6 Å². The Bertz CT molecular complexity index is 424. The van der Waals surface area contributed by atoms with E-state index >= 15 is 0 Å².